The van der Waals surface area contributed by atoms with E-state index in [-0.39, 0.29) is 17.2 Å². The largest absolute Gasteiger partial charge is 0.478 e. The Morgan fingerprint density at radius 3 is 1.45 bits per heavy atom. The van der Waals surface area contributed by atoms with Gasteiger partial charge in [0.15, 0.2) is 0 Å². The Morgan fingerprint density at radius 2 is 1.05 bits per heavy atom. The first-order valence-electron chi connectivity index (χ1n) is 12.6. The Hall–Kier alpha value is -5.29. The number of rotatable bonds is 6. The summed E-state index contributed by atoms with van der Waals surface area (Å²) in [6.45, 7) is 7.32. The van der Waals surface area contributed by atoms with Crippen molar-refractivity contribution in [1.82, 2.24) is 4.57 Å². The van der Waals surface area contributed by atoms with Crippen LogP contribution >= 0.6 is 0 Å². The molecule has 5 heteroatoms. The molecule has 6 rings (SSSR count). The lowest BCUT2D eigenvalue weighted by Crippen LogP contribution is -1.98. The van der Waals surface area contributed by atoms with Crippen LogP contribution in [0.15, 0.2) is 110 Å². The van der Waals surface area contributed by atoms with Crippen molar-refractivity contribution < 1.29 is 18.7 Å². The molecule has 0 unspecified atom stereocenters. The highest BCUT2D eigenvalue weighted by Gasteiger charge is 2.16. The van der Waals surface area contributed by atoms with E-state index in [2.05, 4.69) is 13.2 Å². The third-order valence-corrected chi connectivity index (χ3v) is 7.25. The Bertz CT molecular complexity index is 1870. The lowest BCUT2D eigenvalue weighted by molar-refractivity contribution is 0.0697. The number of carboxylic acid groups (broad SMARTS) is 1. The van der Waals surface area contributed by atoms with Gasteiger partial charge in [0.2, 0.25) is 0 Å². The van der Waals surface area contributed by atoms with E-state index in [4.69, 9.17) is 0 Å². The van der Waals surface area contributed by atoms with E-state index in [0.717, 1.165) is 49.7 Å². The highest BCUT2D eigenvalue weighted by molar-refractivity contribution is 6.11. The molecule has 3 nitrogen and oxygen atoms in total. The average Bonchev–Trinajstić information content (AvgIpc) is 3.30. The second-order valence-corrected chi connectivity index (χ2v) is 9.53. The third-order valence-electron chi connectivity index (χ3n) is 7.25. The second kappa shape index (κ2) is 9.79. The van der Waals surface area contributed by atoms with Gasteiger partial charge in [0.1, 0.15) is 11.6 Å². The van der Waals surface area contributed by atoms with E-state index in [1.54, 1.807) is 36.4 Å². The fourth-order valence-electron chi connectivity index (χ4n) is 5.15. The van der Waals surface area contributed by atoms with Crippen LogP contribution in [0.2, 0.25) is 0 Å². The highest BCUT2D eigenvalue weighted by atomic mass is 19.1. The molecule has 0 aliphatic rings. The molecule has 0 aliphatic carbocycles. The van der Waals surface area contributed by atoms with Gasteiger partial charge in [-0.2, -0.15) is 0 Å². The molecule has 0 amide bonds. The van der Waals surface area contributed by atoms with Crippen LogP contribution in [0.3, 0.4) is 0 Å². The van der Waals surface area contributed by atoms with Crippen LogP contribution in [0.5, 0.6) is 0 Å². The van der Waals surface area contributed by atoms with Crippen LogP contribution in [0.4, 0.5) is 8.78 Å². The van der Waals surface area contributed by atoms with Gasteiger partial charge < -0.3 is 9.67 Å². The maximum Gasteiger partial charge on any atom is 0.335 e. The normalized spacial score (nSPS) is 11.2. The van der Waals surface area contributed by atoms with Gasteiger partial charge >= 0.3 is 5.97 Å². The number of hydrogen-bond donors (Lipinski definition) is 1. The summed E-state index contributed by atoms with van der Waals surface area (Å²) in [4.78, 5) is 11.5. The number of halogens is 2. The zero-order valence-electron chi connectivity index (χ0n) is 21.4. The molecule has 5 aromatic carbocycles. The SMILES string of the molecule is C=Cc1ccc(-c2ccc3c4ccc(-c5ccc(C=C)c(F)c5)cc4n(-c4ccc(C(=O)O)cc4)c3c2)cc1F. The Kier molecular flexibility index (Phi) is 6.12. The number of nitrogens with zero attached hydrogens (tertiary/aromatic N) is 1. The van der Waals surface area contributed by atoms with E-state index >= 15 is 0 Å². The maximum absolute atomic E-state index is 14.6. The third kappa shape index (κ3) is 4.18. The van der Waals surface area contributed by atoms with E-state index in [1.807, 2.05) is 53.1 Å². The quantitative estimate of drug-likeness (QED) is 0.234. The molecule has 0 saturated heterocycles. The van der Waals surface area contributed by atoms with Crippen molar-refractivity contribution in [3.05, 3.63) is 139 Å². The number of carboxylic acids is 1. The fraction of sp³-hybridized carbons (Fsp3) is 0. The van der Waals surface area contributed by atoms with E-state index in [1.165, 1.54) is 24.3 Å². The van der Waals surface area contributed by atoms with Crippen molar-refractivity contribution in [3.8, 4) is 27.9 Å². The number of benzene rings is 5. The predicted octanol–water partition coefficient (Wildman–Crippen LogP) is 9.38. The molecule has 194 valence electrons. The van der Waals surface area contributed by atoms with Gasteiger partial charge in [0.25, 0.3) is 0 Å². The Labute approximate surface area is 229 Å². The zero-order valence-corrected chi connectivity index (χ0v) is 21.4. The summed E-state index contributed by atoms with van der Waals surface area (Å²) in [5, 5.41) is 11.4. The summed E-state index contributed by atoms with van der Waals surface area (Å²) in [5.41, 5.74) is 6.66. The summed E-state index contributed by atoms with van der Waals surface area (Å²) >= 11 is 0. The Balaban J connectivity index is 1.61. The molecule has 40 heavy (non-hydrogen) atoms. The van der Waals surface area contributed by atoms with Gasteiger partial charge in [0.05, 0.1) is 16.6 Å². The van der Waals surface area contributed by atoms with Gasteiger partial charge in [0, 0.05) is 27.6 Å². The lowest BCUT2D eigenvalue weighted by atomic mass is 10.00. The number of aromatic carboxylic acids is 1. The van der Waals surface area contributed by atoms with E-state index in [0.29, 0.717) is 11.1 Å². The lowest BCUT2D eigenvalue weighted by Gasteiger charge is -2.11. The van der Waals surface area contributed by atoms with Crippen LogP contribution in [0.25, 0.3) is 61.9 Å². The molecule has 6 aromatic rings. The molecule has 1 aromatic heterocycles. The van der Waals surface area contributed by atoms with E-state index < -0.39 is 5.97 Å². The topological polar surface area (TPSA) is 42.2 Å². The van der Waals surface area contributed by atoms with Crippen molar-refractivity contribution in [3.63, 3.8) is 0 Å². The predicted molar refractivity (Wildman–Crippen MR) is 159 cm³/mol. The number of carbonyl (C=O) groups is 1. The van der Waals surface area contributed by atoms with Crippen LogP contribution < -0.4 is 0 Å². The molecule has 0 atom stereocenters. The number of aromatic nitrogens is 1. The van der Waals surface area contributed by atoms with Crippen LogP contribution in [0.1, 0.15) is 21.5 Å². The summed E-state index contributed by atoms with van der Waals surface area (Å²) < 4.78 is 31.2. The van der Waals surface area contributed by atoms with Gasteiger partial charge in [-0.1, -0.05) is 73.8 Å². The van der Waals surface area contributed by atoms with Crippen molar-refractivity contribution in [2.24, 2.45) is 0 Å². The molecular formula is C35H23F2NO2. The molecule has 1 heterocycles. The maximum atomic E-state index is 14.6. The van der Waals surface area contributed by atoms with Crippen molar-refractivity contribution in [2.45, 2.75) is 0 Å². The van der Waals surface area contributed by atoms with Gasteiger partial charge in [-0.25, -0.2) is 13.6 Å². The molecule has 0 radical (unpaired) electrons. The second-order valence-electron chi connectivity index (χ2n) is 9.53. The standard InChI is InChI=1S/C35H23F2NO2/c1-3-21-5-7-24(17-31(21)36)26-11-15-29-30-16-12-27(25-8-6-22(4-2)32(37)18-25)20-34(30)38(33(29)19-26)28-13-9-23(10-14-28)35(39)40/h3-20H,1-2H2,(H,39,40). The number of hydrogen-bond acceptors (Lipinski definition) is 1. The van der Waals surface area contributed by atoms with Crippen molar-refractivity contribution in [1.29, 1.82) is 0 Å². The molecule has 1 N–H and O–H groups in total. The first-order valence-corrected chi connectivity index (χ1v) is 12.6. The highest BCUT2D eigenvalue weighted by Crippen LogP contribution is 2.37. The smallest absolute Gasteiger partial charge is 0.335 e. The minimum absolute atomic E-state index is 0.182. The monoisotopic (exact) mass is 527 g/mol. The molecule has 0 spiro atoms. The molecular weight excluding hydrogens is 504 g/mol. The van der Waals surface area contributed by atoms with Crippen LogP contribution in [-0.4, -0.2) is 15.6 Å². The van der Waals surface area contributed by atoms with Gasteiger partial charge in [-0.15, -0.1) is 0 Å². The average molecular weight is 528 g/mol. The minimum atomic E-state index is -1.01. The van der Waals surface area contributed by atoms with Crippen molar-refractivity contribution in [2.75, 3.05) is 0 Å². The Morgan fingerprint density at radius 1 is 0.625 bits per heavy atom. The minimum Gasteiger partial charge on any atom is -0.478 e. The van der Waals surface area contributed by atoms with Crippen LogP contribution in [-0.2, 0) is 0 Å². The summed E-state index contributed by atoms with van der Waals surface area (Å²) in [6, 6.07) is 28.7. The summed E-state index contributed by atoms with van der Waals surface area (Å²) in [6.07, 6.45) is 2.96. The molecule has 0 aliphatic heterocycles. The summed E-state index contributed by atoms with van der Waals surface area (Å²) in [5.74, 6) is -1.71. The molecule has 0 saturated carbocycles. The summed E-state index contributed by atoms with van der Waals surface area (Å²) in [7, 11) is 0. The first-order chi connectivity index (χ1) is 19.4. The molecule has 0 fully saturated rings. The van der Waals surface area contributed by atoms with Gasteiger partial charge in [-0.3, -0.25) is 0 Å². The number of fused-ring (bicyclic) bond motifs is 3. The first kappa shape index (κ1) is 25.0. The van der Waals surface area contributed by atoms with Gasteiger partial charge in [-0.05, 0) is 70.8 Å². The van der Waals surface area contributed by atoms with Crippen molar-refractivity contribution >= 4 is 39.9 Å². The van der Waals surface area contributed by atoms with E-state index in [9.17, 15) is 18.7 Å². The fourth-order valence-corrected chi connectivity index (χ4v) is 5.15. The molecule has 0 bridgehead atoms. The zero-order chi connectivity index (χ0) is 28.0. The van der Waals surface area contributed by atoms with Crippen LogP contribution in [0, 0.1) is 11.6 Å².